The van der Waals surface area contributed by atoms with Crippen LogP contribution in [0, 0.1) is 6.92 Å². The number of azo groups is 1. The zero-order valence-corrected chi connectivity index (χ0v) is 19.8. The van der Waals surface area contributed by atoms with E-state index in [0.29, 0.717) is 24.3 Å². The minimum atomic E-state index is -0.547. The highest BCUT2D eigenvalue weighted by molar-refractivity contribution is 5.95. The number of para-hydroxylation sites is 2. The Morgan fingerprint density at radius 3 is 2.50 bits per heavy atom. The van der Waals surface area contributed by atoms with E-state index in [1.807, 2.05) is 85.8 Å². The normalized spacial score (nSPS) is 11.4. The summed E-state index contributed by atoms with van der Waals surface area (Å²) < 4.78 is 13.2. The topological polar surface area (TPSA) is 85.4 Å². The number of carbonyl (C=O) groups excluding carboxylic acids is 1. The maximum Gasteiger partial charge on any atom is 0.302 e. The van der Waals surface area contributed by atoms with E-state index in [-0.39, 0.29) is 18.2 Å². The van der Waals surface area contributed by atoms with E-state index in [2.05, 4.69) is 16.3 Å². The predicted molar refractivity (Wildman–Crippen MR) is 139 cm³/mol. The summed E-state index contributed by atoms with van der Waals surface area (Å²) in [5.74, 6) is 0.750. The molecule has 180 valence electrons. The minimum Gasteiger partial charge on any atom is -0.493 e. The number of carbonyl (C=O) groups is 1. The molecule has 4 aromatic carbocycles. The Labute approximate surface area is 208 Å². The third-order valence-corrected chi connectivity index (χ3v) is 5.93. The molecule has 0 saturated carbocycles. The molecular weight excluding hydrogens is 454 g/mol. The molecule has 0 spiro atoms. The number of amides is 1. The Morgan fingerprint density at radius 2 is 1.64 bits per heavy atom. The van der Waals surface area contributed by atoms with Crippen LogP contribution in [-0.4, -0.2) is 28.8 Å². The van der Waals surface area contributed by atoms with Gasteiger partial charge in [0.2, 0.25) is 5.88 Å². The van der Waals surface area contributed by atoms with Gasteiger partial charge in [0.05, 0.1) is 12.1 Å². The molecule has 0 aliphatic carbocycles. The van der Waals surface area contributed by atoms with Crippen LogP contribution in [0.5, 0.6) is 17.4 Å². The van der Waals surface area contributed by atoms with E-state index in [9.17, 15) is 9.90 Å². The van der Waals surface area contributed by atoms with E-state index < -0.39 is 5.91 Å². The van der Waals surface area contributed by atoms with Crippen molar-refractivity contribution in [2.75, 3.05) is 13.2 Å². The molecule has 1 aromatic heterocycles. The zero-order valence-electron chi connectivity index (χ0n) is 19.8. The van der Waals surface area contributed by atoms with Gasteiger partial charge in [0, 0.05) is 5.39 Å². The Hall–Kier alpha value is -4.65. The third kappa shape index (κ3) is 4.90. The van der Waals surface area contributed by atoms with Crippen molar-refractivity contribution in [1.82, 2.24) is 4.57 Å². The Morgan fingerprint density at radius 1 is 0.889 bits per heavy atom. The van der Waals surface area contributed by atoms with Gasteiger partial charge in [0.1, 0.15) is 18.1 Å². The molecule has 5 rings (SSSR count). The van der Waals surface area contributed by atoms with E-state index >= 15 is 0 Å². The molecule has 0 saturated heterocycles. The molecular formula is C29H25N3O4. The van der Waals surface area contributed by atoms with Gasteiger partial charge < -0.3 is 19.1 Å². The lowest BCUT2D eigenvalue weighted by Gasteiger charge is -2.10. The van der Waals surface area contributed by atoms with Crippen LogP contribution in [0.15, 0.2) is 101 Å². The molecule has 0 bridgehead atoms. The second-order valence-electron chi connectivity index (χ2n) is 8.35. The maximum absolute atomic E-state index is 12.3. The highest BCUT2D eigenvalue weighted by Crippen LogP contribution is 2.38. The average Bonchev–Trinajstić information content (AvgIpc) is 3.17. The lowest BCUT2D eigenvalue weighted by molar-refractivity contribution is -0.120. The molecule has 1 N–H and O–H groups in total. The van der Waals surface area contributed by atoms with E-state index in [1.54, 1.807) is 10.6 Å². The van der Waals surface area contributed by atoms with Gasteiger partial charge in [-0.3, -0.25) is 4.79 Å². The van der Waals surface area contributed by atoms with Crippen molar-refractivity contribution in [3.05, 3.63) is 96.6 Å². The first-order chi connectivity index (χ1) is 17.6. The minimum absolute atomic E-state index is 0.0744. The number of nitrogens with zero attached hydrogens (tertiary/aromatic N) is 3. The van der Waals surface area contributed by atoms with Crippen molar-refractivity contribution >= 4 is 33.3 Å². The van der Waals surface area contributed by atoms with Crippen LogP contribution in [-0.2, 0) is 11.3 Å². The number of ether oxygens (including phenoxy) is 2. The summed E-state index contributed by atoms with van der Waals surface area (Å²) in [4.78, 5) is 12.3. The van der Waals surface area contributed by atoms with Crippen LogP contribution in [0.3, 0.4) is 0 Å². The van der Waals surface area contributed by atoms with Crippen molar-refractivity contribution < 1.29 is 19.4 Å². The summed E-state index contributed by atoms with van der Waals surface area (Å²) in [6, 6.07) is 28.9. The van der Waals surface area contributed by atoms with Gasteiger partial charge in [-0.2, -0.15) is 0 Å². The van der Waals surface area contributed by atoms with E-state index in [1.165, 1.54) is 0 Å². The summed E-state index contributed by atoms with van der Waals surface area (Å²) in [7, 11) is 0. The molecule has 36 heavy (non-hydrogen) atoms. The van der Waals surface area contributed by atoms with Gasteiger partial charge in [-0.1, -0.05) is 66.7 Å². The molecule has 7 nitrogen and oxygen atoms in total. The average molecular weight is 480 g/mol. The van der Waals surface area contributed by atoms with Crippen molar-refractivity contribution in [1.29, 1.82) is 0 Å². The molecule has 0 radical (unpaired) electrons. The maximum atomic E-state index is 12.3. The van der Waals surface area contributed by atoms with Crippen molar-refractivity contribution in [2.45, 2.75) is 13.5 Å². The van der Waals surface area contributed by atoms with Gasteiger partial charge in [-0.05, 0) is 47.5 Å². The number of hydrogen-bond donors (Lipinski definition) is 1. The van der Waals surface area contributed by atoms with Crippen LogP contribution in [0.1, 0.15) is 5.56 Å². The molecule has 7 heteroatoms. The SMILES string of the molecule is Cc1ccccc1OCC(=O)N=Nc1c(O)n(CCOc2ccc3ccccc3c2)c2ccccc12. The van der Waals surface area contributed by atoms with Crippen molar-refractivity contribution in [2.24, 2.45) is 10.2 Å². The molecule has 0 aliphatic rings. The first-order valence-corrected chi connectivity index (χ1v) is 11.6. The fraction of sp³-hybridized carbons (Fsp3) is 0.138. The van der Waals surface area contributed by atoms with Crippen LogP contribution in [0.25, 0.3) is 21.7 Å². The smallest absolute Gasteiger partial charge is 0.302 e. The van der Waals surface area contributed by atoms with Gasteiger partial charge in [-0.25, -0.2) is 0 Å². The number of aromatic hydroxyl groups is 1. The molecule has 0 aliphatic heterocycles. The number of hydrogen-bond acceptors (Lipinski definition) is 5. The van der Waals surface area contributed by atoms with Gasteiger partial charge in [0.25, 0.3) is 0 Å². The Kier molecular flexibility index (Phi) is 6.62. The monoisotopic (exact) mass is 479 g/mol. The molecule has 1 heterocycles. The zero-order chi connectivity index (χ0) is 24.9. The second kappa shape index (κ2) is 10.3. The molecule has 0 atom stereocenters. The predicted octanol–water partition coefficient (Wildman–Crippen LogP) is 6.58. The molecule has 5 aromatic rings. The number of aromatic nitrogens is 1. The van der Waals surface area contributed by atoms with E-state index in [0.717, 1.165) is 27.6 Å². The third-order valence-electron chi connectivity index (χ3n) is 5.93. The Bertz CT molecular complexity index is 1570. The summed E-state index contributed by atoms with van der Waals surface area (Å²) in [5.41, 5.74) is 1.93. The number of aryl methyl sites for hydroxylation is 1. The molecule has 0 unspecified atom stereocenters. The van der Waals surface area contributed by atoms with Crippen molar-refractivity contribution in [3.63, 3.8) is 0 Å². The fourth-order valence-corrected chi connectivity index (χ4v) is 4.10. The highest BCUT2D eigenvalue weighted by atomic mass is 16.5. The second-order valence-corrected chi connectivity index (χ2v) is 8.35. The molecule has 1 amide bonds. The van der Waals surface area contributed by atoms with Gasteiger partial charge in [0.15, 0.2) is 12.3 Å². The van der Waals surface area contributed by atoms with Gasteiger partial charge >= 0.3 is 5.91 Å². The summed E-state index contributed by atoms with van der Waals surface area (Å²) in [6.45, 7) is 2.38. The first kappa shape index (κ1) is 23.1. The van der Waals surface area contributed by atoms with Crippen molar-refractivity contribution in [3.8, 4) is 17.4 Å². The number of benzene rings is 4. The molecule has 0 fully saturated rings. The highest BCUT2D eigenvalue weighted by Gasteiger charge is 2.17. The summed E-state index contributed by atoms with van der Waals surface area (Å²) in [6.07, 6.45) is 0. The number of rotatable bonds is 8. The lowest BCUT2D eigenvalue weighted by atomic mass is 10.1. The fourth-order valence-electron chi connectivity index (χ4n) is 4.10. The standard InChI is InChI=1S/C29H25N3O4/c1-20-8-2-7-13-26(20)36-19-27(33)30-31-28-24-11-5-6-12-25(24)32(29(28)34)16-17-35-23-15-14-21-9-3-4-10-22(21)18-23/h2-15,18,34H,16-17,19H2,1H3. The lowest BCUT2D eigenvalue weighted by Crippen LogP contribution is -2.08. The number of fused-ring (bicyclic) bond motifs is 2. The summed E-state index contributed by atoms with van der Waals surface area (Å²) in [5, 5.41) is 21.7. The van der Waals surface area contributed by atoms with Crippen LogP contribution >= 0.6 is 0 Å². The quantitative estimate of drug-likeness (QED) is 0.255. The van der Waals surface area contributed by atoms with E-state index in [4.69, 9.17) is 9.47 Å². The van der Waals surface area contributed by atoms with Crippen LogP contribution in [0.2, 0.25) is 0 Å². The Balaban J connectivity index is 1.29. The first-order valence-electron chi connectivity index (χ1n) is 11.6. The summed E-state index contributed by atoms with van der Waals surface area (Å²) >= 11 is 0. The van der Waals surface area contributed by atoms with Gasteiger partial charge in [-0.15, -0.1) is 10.2 Å². The van der Waals surface area contributed by atoms with Crippen LogP contribution in [0.4, 0.5) is 5.69 Å². The largest absolute Gasteiger partial charge is 0.493 e. The van der Waals surface area contributed by atoms with Crippen LogP contribution < -0.4 is 9.47 Å².